The van der Waals surface area contributed by atoms with Crippen molar-refractivity contribution in [1.29, 1.82) is 0 Å². The van der Waals surface area contributed by atoms with E-state index in [-0.39, 0.29) is 11.8 Å². The SMILES string of the molecule is O=C(O)[C@H](Cc1cccc(Br)c1)N1CC(CCl)CC1=O. The van der Waals surface area contributed by atoms with Crippen molar-refractivity contribution in [2.24, 2.45) is 5.92 Å². The molecular formula is C14H15BrClNO3. The predicted octanol–water partition coefficient (Wildman–Crippen LogP) is 2.53. The maximum absolute atomic E-state index is 11.9. The van der Waals surface area contributed by atoms with Gasteiger partial charge in [-0.2, -0.15) is 0 Å². The van der Waals surface area contributed by atoms with Crippen LogP contribution in [0.15, 0.2) is 28.7 Å². The highest BCUT2D eigenvalue weighted by atomic mass is 79.9. The number of carboxylic acids is 1. The summed E-state index contributed by atoms with van der Waals surface area (Å²) in [5.74, 6) is -0.675. The number of aliphatic carboxylic acids is 1. The Bertz CT molecular complexity index is 523. The lowest BCUT2D eigenvalue weighted by molar-refractivity contribution is -0.148. The quantitative estimate of drug-likeness (QED) is 0.821. The van der Waals surface area contributed by atoms with Crippen molar-refractivity contribution in [2.75, 3.05) is 12.4 Å². The molecule has 4 nitrogen and oxygen atoms in total. The van der Waals surface area contributed by atoms with E-state index in [0.717, 1.165) is 10.0 Å². The summed E-state index contributed by atoms with van der Waals surface area (Å²) in [7, 11) is 0. The molecule has 1 aliphatic heterocycles. The van der Waals surface area contributed by atoms with Gasteiger partial charge < -0.3 is 10.0 Å². The lowest BCUT2D eigenvalue weighted by Gasteiger charge is -2.24. The number of hydrogen-bond donors (Lipinski definition) is 1. The first-order valence-corrected chi connectivity index (χ1v) is 7.66. The topological polar surface area (TPSA) is 57.6 Å². The molecule has 1 unspecified atom stereocenters. The second-order valence-corrected chi connectivity index (χ2v) is 6.18. The molecule has 0 aliphatic carbocycles. The van der Waals surface area contributed by atoms with Gasteiger partial charge in [0.2, 0.25) is 5.91 Å². The zero-order valence-electron chi connectivity index (χ0n) is 10.8. The molecule has 108 valence electrons. The van der Waals surface area contributed by atoms with Gasteiger partial charge in [0, 0.05) is 29.7 Å². The number of rotatable bonds is 5. The number of carboxylic acid groups (broad SMARTS) is 1. The minimum atomic E-state index is -0.978. The molecule has 6 heteroatoms. The summed E-state index contributed by atoms with van der Waals surface area (Å²) < 4.78 is 0.894. The van der Waals surface area contributed by atoms with E-state index in [1.54, 1.807) is 0 Å². The van der Waals surface area contributed by atoms with Crippen molar-refractivity contribution in [3.05, 3.63) is 34.3 Å². The van der Waals surface area contributed by atoms with Crippen molar-refractivity contribution in [3.8, 4) is 0 Å². The molecule has 1 aromatic carbocycles. The Kier molecular flexibility index (Phi) is 5.05. The molecule has 2 atom stereocenters. The van der Waals surface area contributed by atoms with Crippen molar-refractivity contribution in [3.63, 3.8) is 0 Å². The van der Waals surface area contributed by atoms with Gasteiger partial charge in [-0.1, -0.05) is 28.1 Å². The number of amides is 1. The molecule has 0 bridgehead atoms. The van der Waals surface area contributed by atoms with Crippen molar-refractivity contribution >= 4 is 39.4 Å². The average Bonchev–Trinajstić information content (AvgIpc) is 2.77. The fourth-order valence-corrected chi connectivity index (χ4v) is 3.08. The Hall–Kier alpha value is -1.07. The maximum atomic E-state index is 11.9. The first-order chi connectivity index (χ1) is 9.51. The van der Waals surface area contributed by atoms with Crippen LogP contribution in [0.1, 0.15) is 12.0 Å². The first kappa shape index (κ1) is 15.3. The van der Waals surface area contributed by atoms with Crippen molar-refractivity contribution in [2.45, 2.75) is 18.9 Å². The van der Waals surface area contributed by atoms with E-state index in [1.807, 2.05) is 24.3 Å². The molecule has 1 aliphatic rings. The van der Waals surface area contributed by atoms with Crippen molar-refractivity contribution in [1.82, 2.24) is 4.90 Å². The highest BCUT2D eigenvalue weighted by Crippen LogP contribution is 2.24. The lowest BCUT2D eigenvalue weighted by Crippen LogP contribution is -2.43. The third kappa shape index (κ3) is 3.52. The Labute approximate surface area is 130 Å². The molecule has 2 rings (SSSR count). The summed E-state index contributed by atoms with van der Waals surface area (Å²) in [6, 6.07) is 6.63. The van der Waals surface area contributed by atoms with Gasteiger partial charge in [0.1, 0.15) is 6.04 Å². The van der Waals surface area contributed by atoms with Crippen LogP contribution in [0.25, 0.3) is 0 Å². The monoisotopic (exact) mass is 359 g/mol. The normalized spacial score (nSPS) is 20.2. The summed E-state index contributed by atoms with van der Waals surface area (Å²) in [5.41, 5.74) is 0.883. The average molecular weight is 361 g/mol. The molecule has 0 spiro atoms. The molecule has 20 heavy (non-hydrogen) atoms. The molecular weight excluding hydrogens is 346 g/mol. The third-order valence-corrected chi connectivity index (χ3v) is 4.37. The number of likely N-dealkylation sites (tertiary alicyclic amines) is 1. The molecule has 0 aromatic heterocycles. The van der Waals surface area contributed by atoms with Crippen LogP contribution in [0, 0.1) is 5.92 Å². The van der Waals surface area contributed by atoms with Gasteiger partial charge >= 0.3 is 5.97 Å². The summed E-state index contributed by atoms with van der Waals surface area (Å²) in [6.45, 7) is 0.424. The highest BCUT2D eigenvalue weighted by molar-refractivity contribution is 9.10. The predicted molar refractivity (Wildman–Crippen MR) is 79.8 cm³/mol. The molecule has 0 radical (unpaired) electrons. The largest absolute Gasteiger partial charge is 0.480 e. The van der Waals surface area contributed by atoms with E-state index < -0.39 is 12.0 Å². The number of alkyl halides is 1. The van der Waals surface area contributed by atoms with Crippen LogP contribution < -0.4 is 0 Å². The van der Waals surface area contributed by atoms with Crippen LogP contribution in [-0.4, -0.2) is 40.3 Å². The maximum Gasteiger partial charge on any atom is 0.326 e. The summed E-state index contributed by atoms with van der Waals surface area (Å²) in [6.07, 6.45) is 0.640. The van der Waals surface area contributed by atoms with Crippen LogP contribution in [0.4, 0.5) is 0 Å². The molecule has 1 aromatic rings. The standard InChI is InChI=1S/C14H15BrClNO3/c15-11-3-1-2-9(4-11)5-12(14(19)20)17-8-10(7-16)6-13(17)18/h1-4,10,12H,5-8H2,(H,19,20)/t10?,12-/m0/s1. The minimum absolute atomic E-state index is 0.0496. The van der Waals surface area contributed by atoms with Crippen molar-refractivity contribution < 1.29 is 14.7 Å². The first-order valence-electron chi connectivity index (χ1n) is 6.34. The zero-order chi connectivity index (χ0) is 14.7. The summed E-state index contributed by atoms with van der Waals surface area (Å²) in [4.78, 5) is 24.9. The van der Waals surface area contributed by atoms with Crippen LogP contribution in [0.3, 0.4) is 0 Å². The second-order valence-electron chi connectivity index (χ2n) is 4.96. The molecule has 1 saturated heterocycles. The van der Waals surface area contributed by atoms with Crippen LogP contribution in [-0.2, 0) is 16.0 Å². The number of nitrogens with zero attached hydrogens (tertiary/aromatic N) is 1. The van der Waals surface area contributed by atoms with Gasteiger partial charge in [-0.3, -0.25) is 4.79 Å². The Morgan fingerprint density at radius 2 is 2.30 bits per heavy atom. The highest BCUT2D eigenvalue weighted by Gasteiger charge is 2.37. The summed E-state index contributed by atoms with van der Waals surface area (Å²) >= 11 is 9.13. The Morgan fingerprint density at radius 1 is 1.55 bits per heavy atom. The van der Waals surface area contributed by atoms with Gasteiger partial charge in [-0.15, -0.1) is 11.6 Å². The zero-order valence-corrected chi connectivity index (χ0v) is 13.1. The van der Waals surface area contributed by atoms with Gasteiger partial charge in [0.05, 0.1) is 0 Å². The van der Waals surface area contributed by atoms with E-state index in [9.17, 15) is 14.7 Å². The number of benzene rings is 1. The van der Waals surface area contributed by atoms with E-state index in [1.165, 1.54) is 4.90 Å². The van der Waals surface area contributed by atoms with Gasteiger partial charge in [-0.25, -0.2) is 4.79 Å². The number of carbonyl (C=O) groups is 2. The Balaban J connectivity index is 2.16. The van der Waals surface area contributed by atoms with Gasteiger partial charge in [0.25, 0.3) is 0 Å². The van der Waals surface area contributed by atoms with Gasteiger partial charge in [-0.05, 0) is 23.6 Å². The molecule has 1 N–H and O–H groups in total. The van der Waals surface area contributed by atoms with E-state index in [0.29, 0.717) is 25.3 Å². The number of halogens is 2. The molecule has 1 amide bonds. The molecule has 0 saturated carbocycles. The molecule has 1 heterocycles. The fraction of sp³-hybridized carbons (Fsp3) is 0.429. The lowest BCUT2D eigenvalue weighted by atomic mass is 10.0. The van der Waals surface area contributed by atoms with E-state index >= 15 is 0 Å². The number of hydrogen-bond acceptors (Lipinski definition) is 2. The van der Waals surface area contributed by atoms with Crippen LogP contribution >= 0.6 is 27.5 Å². The molecule has 1 fully saturated rings. The van der Waals surface area contributed by atoms with Gasteiger partial charge in [0.15, 0.2) is 0 Å². The minimum Gasteiger partial charge on any atom is -0.480 e. The smallest absolute Gasteiger partial charge is 0.326 e. The number of carbonyl (C=O) groups excluding carboxylic acids is 1. The summed E-state index contributed by atoms with van der Waals surface area (Å²) in [5, 5.41) is 9.40. The van der Waals surface area contributed by atoms with E-state index in [2.05, 4.69) is 15.9 Å². The Morgan fingerprint density at radius 3 is 2.85 bits per heavy atom. The third-order valence-electron chi connectivity index (χ3n) is 3.44. The fourth-order valence-electron chi connectivity index (χ4n) is 2.43. The van der Waals surface area contributed by atoms with E-state index in [4.69, 9.17) is 11.6 Å². The van der Waals surface area contributed by atoms with Crippen LogP contribution in [0.5, 0.6) is 0 Å². The second kappa shape index (κ2) is 6.59. The van der Waals surface area contributed by atoms with Crippen LogP contribution in [0.2, 0.25) is 0 Å².